The molecule has 3 N–H and O–H groups in total. The highest BCUT2D eigenvalue weighted by molar-refractivity contribution is 7.89. The second-order valence-corrected chi connectivity index (χ2v) is 8.43. The van der Waals surface area contributed by atoms with Gasteiger partial charge >= 0.3 is 0 Å². The van der Waals surface area contributed by atoms with Crippen molar-refractivity contribution in [1.82, 2.24) is 4.72 Å². The van der Waals surface area contributed by atoms with Crippen LogP contribution in [0.3, 0.4) is 0 Å². The fraction of sp³-hybridized carbons (Fsp3) is 0.647. The van der Waals surface area contributed by atoms with Gasteiger partial charge in [-0.3, -0.25) is 0 Å². The van der Waals surface area contributed by atoms with Crippen LogP contribution in [0.15, 0.2) is 18.2 Å². The van der Waals surface area contributed by atoms with Crippen molar-refractivity contribution in [3.05, 3.63) is 29.6 Å². The van der Waals surface area contributed by atoms with Crippen molar-refractivity contribution in [2.75, 3.05) is 25.5 Å². The Bertz CT molecular complexity index is 678. The molecule has 1 aliphatic carbocycles. The van der Waals surface area contributed by atoms with Crippen molar-refractivity contribution in [3.63, 3.8) is 0 Å². The molecule has 1 aromatic rings. The third-order valence-corrected chi connectivity index (χ3v) is 5.79. The molecule has 8 heteroatoms. The molecule has 6 nitrogen and oxygen atoms in total. The molecule has 0 heterocycles. The fourth-order valence-corrected chi connectivity index (χ4v) is 3.50. The summed E-state index contributed by atoms with van der Waals surface area (Å²) in [7, 11) is -3.60. The molecular formula is C17H26FNO5S. The number of aliphatic hydroxyl groups excluding tert-OH is 1. The Labute approximate surface area is 148 Å². The largest absolute Gasteiger partial charge is 0.490 e. The summed E-state index contributed by atoms with van der Waals surface area (Å²) in [5, 5.41) is 19.6. The Morgan fingerprint density at radius 3 is 2.72 bits per heavy atom. The number of sulfonamides is 1. The van der Waals surface area contributed by atoms with Gasteiger partial charge in [0.05, 0.1) is 12.4 Å². The number of nitrogens with one attached hydrogen (secondary N) is 1. The van der Waals surface area contributed by atoms with Crippen molar-refractivity contribution in [2.45, 2.75) is 38.2 Å². The molecule has 1 atom stereocenters. The number of benzene rings is 1. The molecular weight excluding hydrogens is 349 g/mol. The summed E-state index contributed by atoms with van der Waals surface area (Å²) in [6, 6.07) is 4.09. The van der Waals surface area contributed by atoms with Gasteiger partial charge in [0.25, 0.3) is 0 Å². The third kappa shape index (κ3) is 5.91. The van der Waals surface area contributed by atoms with Crippen molar-refractivity contribution in [3.8, 4) is 5.75 Å². The van der Waals surface area contributed by atoms with Crippen LogP contribution in [0.4, 0.5) is 4.39 Å². The maximum absolute atomic E-state index is 13.9. The normalized spacial score (nSPS) is 17.3. The highest BCUT2D eigenvalue weighted by Gasteiger charge is 2.30. The topological polar surface area (TPSA) is 95.9 Å². The Kier molecular flexibility index (Phi) is 6.79. The van der Waals surface area contributed by atoms with Gasteiger partial charge in [-0.25, -0.2) is 17.5 Å². The molecule has 25 heavy (non-hydrogen) atoms. The van der Waals surface area contributed by atoms with E-state index in [1.54, 1.807) is 6.92 Å². The van der Waals surface area contributed by atoms with Gasteiger partial charge in [0, 0.05) is 13.2 Å². The van der Waals surface area contributed by atoms with Crippen LogP contribution < -0.4 is 9.46 Å². The molecule has 142 valence electrons. The minimum absolute atomic E-state index is 0.0689. The Morgan fingerprint density at radius 1 is 1.40 bits per heavy atom. The monoisotopic (exact) mass is 375 g/mol. The first-order valence-corrected chi connectivity index (χ1v) is 10.2. The van der Waals surface area contributed by atoms with E-state index < -0.39 is 21.4 Å². The van der Waals surface area contributed by atoms with Crippen LogP contribution in [0.2, 0.25) is 0 Å². The summed E-state index contributed by atoms with van der Waals surface area (Å²) >= 11 is 0. The molecule has 1 fully saturated rings. The summed E-state index contributed by atoms with van der Waals surface area (Å²) in [5.74, 6) is -0.195. The Balaban J connectivity index is 2.10. The molecule has 0 amide bonds. The predicted molar refractivity (Wildman–Crippen MR) is 92.3 cm³/mol. The smallest absolute Gasteiger partial charge is 0.211 e. The average Bonchev–Trinajstić information content (AvgIpc) is 3.41. The lowest BCUT2D eigenvalue weighted by Crippen LogP contribution is -2.41. The first-order valence-electron chi connectivity index (χ1n) is 8.53. The van der Waals surface area contributed by atoms with Gasteiger partial charge in [-0.2, -0.15) is 0 Å². The maximum Gasteiger partial charge on any atom is 0.211 e. The lowest BCUT2D eigenvalue weighted by molar-refractivity contribution is 0.0376. The van der Waals surface area contributed by atoms with Crippen LogP contribution in [0.5, 0.6) is 5.75 Å². The molecule has 2 rings (SSSR count). The molecule has 0 radical (unpaired) electrons. The standard InChI is InChI=1S/C17H26FNO5S/c1-2-17(21,12-19-25(22,23)9-3-8-20)14-6-7-15(18)16(10-14)24-11-13-4-5-13/h6-7,10,13,19-21H,2-5,8-9,11-12H2,1H3. The first-order chi connectivity index (χ1) is 11.8. The van der Waals surface area contributed by atoms with Gasteiger partial charge in [0.1, 0.15) is 5.60 Å². The van der Waals surface area contributed by atoms with E-state index >= 15 is 0 Å². The highest BCUT2D eigenvalue weighted by atomic mass is 32.2. The van der Waals surface area contributed by atoms with Crippen LogP contribution in [-0.4, -0.2) is 44.1 Å². The van der Waals surface area contributed by atoms with E-state index in [9.17, 15) is 17.9 Å². The highest BCUT2D eigenvalue weighted by Crippen LogP contribution is 2.32. The van der Waals surface area contributed by atoms with Crippen molar-refractivity contribution >= 4 is 10.0 Å². The van der Waals surface area contributed by atoms with Crippen molar-refractivity contribution in [1.29, 1.82) is 0 Å². The van der Waals surface area contributed by atoms with Crippen LogP contribution >= 0.6 is 0 Å². The molecule has 1 saturated carbocycles. The van der Waals surface area contributed by atoms with Gasteiger partial charge < -0.3 is 14.9 Å². The van der Waals surface area contributed by atoms with Crippen molar-refractivity contribution in [2.24, 2.45) is 5.92 Å². The Hall–Kier alpha value is -1.22. The van der Waals surface area contributed by atoms with E-state index in [2.05, 4.69) is 4.72 Å². The zero-order chi connectivity index (χ0) is 18.5. The summed E-state index contributed by atoms with van der Waals surface area (Å²) in [6.45, 7) is 1.71. The number of halogens is 1. The SMILES string of the molecule is CCC(O)(CNS(=O)(=O)CCCO)c1ccc(F)c(OCC2CC2)c1. The second-order valence-electron chi connectivity index (χ2n) is 6.50. The predicted octanol–water partition coefficient (Wildman–Crippen LogP) is 1.51. The van der Waals surface area contributed by atoms with E-state index in [0.717, 1.165) is 12.8 Å². The molecule has 0 saturated heterocycles. The molecule has 0 aromatic heterocycles. The lowest BCUT2D eigenvalue weighted by atomic mass is 9.91. The van der Waals surface area contributed by atoms with Crippen LogP contribution in [0.1, 0.15) is 38.2 Å². The van der Waals surface area contributed by atoms with Crippen LogP contribution in [0, 0.1) is 11.7 Å². The first kappa shape index (κ1) is 20.1. The number of hydrogen-bond acceptors (Lipinski definition) is 5. The summed E-state index contributed by atoms with van der Waals surface area (Å²) in [4.78, 5) is 0. The number of ether oxygens (including phenoxy) is 1. The summed E-state index contributed by atoms with van der Waals surface area (Å²) in [6.07, 6.45) is 2.52. The van der Waals surface area contributed by atoms with Gasteiger partial charge in [-0.05, 0) is 49.3 Å². The fourth-order valence-electron chi connectivity index (χ4n) is 2.38. The minimum Gasteiger partial charge on any atom is -0.490 e. The number of hydrogen-bond donors (Lipinski definition) is 3. The molecule has 0 aliphatic heterocycles. The number of rotatable bonds is 11. The Morgan fingerprint density at radius 2 is 2.12 bits per heavy atom. The van der Waals surface area contributed by atoms with E-state index in [-0.39, 0.29) is 37.5 Å². The van der Waals surface area contributed by atoms with Crippen molar-refractivity contribution < 1.29 is 27.8 Å². The van der Waals surface area contributed by atoms with E-state index in [1.807, 2.05) is 0 Å². The third-order valence-electron chi connectivity index (χ3n) is 4.38. The zero-order valence-electron chi connectivity index (χ0n) is 14.4. The quantitative estimate of drug-likeness (QED) is 0.545. The lowest BCUT2D eigenvalue weighted by Gasteiger charge is -2.28. The van der Waals surface area contributed by atoms with Gasteiger partial charge in [-0.15, -0.1) is 0 Å². The molecule has 1 aliphatic rings. The minimum atomic E-state index is -3.60. The average molecular weight is 375 g/mol. The molecule has 1 aromatic carbocycles. The maximum atomic E-state index is 13.9. The molecule has 1 unspecified atom stereocenters. The van der Waals surface area contributed by atoms with Gasteiger partial charge in [0.2, 0.25) is 10.0 Å². The zero-order valence-corrected chi connectivity index (χ0v) is 15.2. The van der Waals surface area contributed by atoms with Gasteiger partial charge in [0.15, 0.2) is 11.6 Å². The molecule has 0 bridgehead atoms. The van der Waals surface area contributed by atoms with Crippen LogP contribution in [-0.2, 0) is 15.6 Å². The van der Waals surface area contributed by atoms with E-state index in [1.165, 1.54) is 18.2 Å². The van der Waals surface area contributed by atoms with Crippen LogP contribution in [0.25, 0.3) is 0 Å². The molecule has 0 spiro atoms. The van der Waals surface area contributed by atoms with E-state index in [0.29, 0.717) is 18.1 Å². The summed E-state index contributed by atoms with van der Waals surface area (Å²) in [5.41, 5.74) is -1.08. The van der Waals surface area contributed by atoms with Gasteiger partial charge in [-0.1, -0.05) is 13.0 Å². The number of aliphatic hydroxyl groups is 2. The summed E-state index contributed by atoms with van der Waals surface area (Å²) < 4.78 is 45.5. The van der Waals surface area contributed by atoms with E-state index in [4.69, 9.17) is 9.84 Å². The second kappa shape index (κ2) is 8.44.